The van der Waals surface area contributed by atoms with Crippen LogP contribution in [-0.2, 0) is 5.11 Å². The molecular weight excluding hydrogens is 140 g/mol. The lowest BCUT2D eigenvalue weighted by Gasteiger charge is -2.33. The molecule has 65 valence electrons. The first kappa shape index (κ1) is 8.97. The maximum Gasteiger partial charge on any atom is 0.0834 e. The molecule has 1 aliphatic rings. The Labute approximate surface area is 68.4 Å². The van der Waals surface area contributed by atoms with E-state index in [2.05, 4.69) is 17.1 Å². The minimum absolute atomic E-state index is 0.0661. The van der Waals surface area contributed by atoms with Gasteiger partial charge in [0, 0.05) is 32.2 Å². The number of hydrogen-bond acceptors (Lipinski definition) is 2. The Hall–Kier alpha value is -0.120. The summed E-state index contributed by atoms with van der Waals surface area (Å²) in [6.45, 7) is 6.49. The Morgan fingerprint density at radius 3 is 3.09 bits per heavy atom. The molecule has 0 aromatic rings. The van der Waals surface area contributed by atoms with Crippen molar-refractivity contribution in [1.82, 2.24) is 10.2 Å². The Bertz CT molecular complexity index is 108. The maximum absolute atomic E-state index is 10.2. The molecule has 1 heterocycles. The summed E-state index contributed by atoms with van der Waals surface area (Å²) in [4.78, 5) is 2.38. The van der Waals surface area contributed by atoms with E-state index in [1.807, 2.05) is 0 Å². The quantitative estimate of drug-likeness (QED) is 0.630. The molecule has 1 aliphatic heterocycles. The van der Waals surface area contributed by atoms with Gasteiger partial charge in [-0.25, -0.2) is 5.11 Å². The van der Waals surface area contributed by atoms with E-state index in [4.69, 9.17) is 0 Å². The third-order valence-corrected chi connectivity index (χ3v) is 2.23. The highest BCUT2D eigenvalue weighted by atomic mass is 16.3. The first-order valence-corrected chi connectivity index (χ1v) is 4.37. The molecule has 1 rings (SSSR count). The lowest BCUT2D eigenvalue weighted by Crippen LogP contribution is -2.50. The van der Waals surface area contributed by atoms with Gasteiger partial charge >= 0.3 is 0 Å². The molecule has 1 saturated heterocycles. The molecular formula is C8H17N2O. The van der Waals surface area contributed by atoms with Gasteiger partial charge in [0.05, 0.1) is 6.61 Å². The SMILES string of the molecule is CC1CNCCN1CCC[O]. The van der Waals surface area contributed by atoms with Crippen molar-refractivity contribution in [3.05, 3.63) is 0 Å². The van der Waals surface area contributed by atoms with E-state index in [0.717, 1.165) is 32.6 Å². The summed E-state index contributed by atoms with van der Waals surface area (Å²) in [6.07, 6.45) is 0.796. The normalized spacial score (nSPS) is 27.3. The topological polar surface area (TPSA) is 35.2 Å². The Morgan fingerprint density at radius 2 is 2.45 bits per heavy atom. The summed E-state index contributed by atoms with van der Waals surface area (Å²) in [5.74, 6) is 0. The summed E-state index contributed by atoms with van der Waals surface area (Å²) in [6, 6.07) is 0.607. The molecule has 3 nitrogen and oxygen atoms in total. The molecule has 0 saturated carbocycles. The highest BCUT2D eigenvalue weighted by Crippen LogP contribution is 2.02. The highest BCUT2D eigenvalue weighted by Gasteiger charge is 2.16. The summed E-state index contributed by atoms with van der Waals surface area (Å²) in [7, 11) is 0. The Kier molecular flexibility index (Phi) is 3.83. The lowest BCUT2D eigenvalue weighted by molar-refractivity contribution is 0.134. The van der Waals surface area contributed by atoms with Crippen LogP contribution >= 0.6 is 0 Å². The van der Waals surface area contributed by atoms with Crippen molar-refractivity contribution in [2.75, 3.05) is 32.8 Å². The average molecular weight is 157 g/mol. The zero-order valence-electron chi connectivity index (χ0n) is 7.18. The van der Waals surface area contributed by atoms with Crippen molar-refractivity contribution < 1.29 is 5.11 Å². The van der Waals surface area contributed by atoms with Crippen molar-refractivity contribution in [2.24, 2.45) is 0 Å². The van der Waals surface area contributed by atoms with Gasteiger partial charge in [0.25, 0.3) is 0 Å². The fraction of sp³-hybridized carbons (Fsp3) is 1.00. The predicted molar refractivity (Wildman–Crippen MR) is 44.1 cm³/mol. The van der Waals surface area contributed by atoms with Gasteiger partial charge in [0.2, 0.25) is 0 Å². The second-order valence-corrected chi connectivity index (χ2v) is 3.15. The third-order valence-electron chi connectivity index (χ3n) is 2.23. The van der Waals surface area contributed by atoms with Gasteiger partial charge in [-0.15, -0.1) is 0 Å². The fourth-order valence-corrected chi connectivity index (χ4v) is 1.48. The number of nitrogens with zero attached hydrogens (tertiary/aromatic N) is 1. The van der Waals surface area contributed by atoms with Crippen LogP contribution in [0.3, 0.4) is 0 Å². The molecule has 0 aromatic carbocycles. The van der Waals surface area contributed by atoms with E-state index in [9.17, 15) is 5.11 Å². The van der Waals surface area contributed by atoms with Crippen LogP contribution in [0.2, 0.25) is 0 Å². The van der Waals surface area contributed by atoms with Gasteiger partial charge in [0.1, 0.15) is 0 Å². The van der Waals surface area contributed by atoms with Gasteiger partial charge in [-0.3, -0.25) is 4.90 Å². The zero-order valence-corrected chi connectivity index (χ0v) is 7.18. The lowest BCUT2D eigenvalue weighted by atomic mass is 10.2. The average Bonchev–Trinajstić information content (AvgIpc) is 2.03. The van der Waals surface area contributed by atoms with E-state index in [1.165, 1.54) is 0 Å². The smallest absolute Gasteiger partial charge is 0.0834 e. The van der Waals surface area contributed by atoms with E-state index in [1.54, 1.807) is 0 Å². The van der Waals surface area contributed by atoms with Gasteiger partial charge in [-0.2, -0.15) is 0 Å². The van der Waals surface area contributed by atoms with E-state index >= 15 is 0 Å². The van der Waals surface area contributed by atoms with Gasteiger partial charge in [-0.05, 0) is 13.3 Å². The molecule has 1 N–H and O–H groups in total. The van der Waals surface area contributed by atoms with Crippen molar-refractivity contribution >= 4 is 0 Å². The number of piperazine rings is 1. The number of rotatable bonds is 3. The third kappa shape index (κ3) is 2.77. The monoisotopic (exact) mass is 157 g/mol. The molecule has 0 aliphatic carbocycles. The molecule has 0 bridgehead atoms. The summed E-state index contributed by atoms with van der Waals surface area (Å²) < 4.78 is 0. The Balaban J connectivity index is 2.18. The molecule has 1 atom stereocenters. The van der Waals surface area contributed by atoms with E-state index < -0.39 is 0 Å². The van der Waals surface area contributed by atoms with Gasteiger partial charge < -0.3 is 5.32 Å². The maximum atomic E-state index is 10.2. The molecule has 0 spiro atoms. The van der Waals surface area contributed by atoms with Crippen molar-refractivity contribution in [2.45, 2.75) is 19.4 Å². The minimum Gasteiger partial charge on any atom is -0.314 e. The molecule has 11 heavy (non-hydrogen) atoms. The van der Waals surface area contributed by atoms with Crippen molar-refractivity contribution in [3.63, 3.8) is 0 Å². The second kappa shape index (κ2) is 4.70. The first-order valence-electron chi connectivity index (χ1n) is 4.37. The summed E-state index contributed by atoms with van der Waals surface area (Å²) in [5, 5.41) is 13.6. The predicted octanol–water partition coefficient (Wildman–Crippen LogP) is 0.101. The molecule has 0 aromatic heterocycles. The van der Waals surface area contributed by atoms with Crippen LogP contribution in [0.4, 0.5) is 0 Å². The van der Waals surface area contributed by atoms with Crippen LogP contribution < -0.4 is 5.32 Å². The van der Waals surface area contributed by atoms with Crippen LogP contribution in [-0.4, -0.2) is 43.7 Å². The molecule has 1 radical (unpaired) electrons. The second-order valence-electron chi connectivity index (χ2n) is 3.15. The highest BCUT2D eigenvalue weighted by molar-refractivity contribution is 4.75. The standard InChI is InChI=1S/C8H17N2O/c1-8-7-9-3-5-10(8)4-2-6-11/h8-9H,2-7H2,1H3. The largest absolute Gasteiger partial charge is 0.314 e. The molecule has 0 amide bonds. The summed E-state index contributed by atoms with van der Waals surface area (Å²) >= 11 is 0. The molecule has 1 unspecified atom stereocenters. The van der Waals surface area contributed by atoms with E-state index in [-0.39, 0.29) is 6.61 Å². The zero-order chi connectivity index (χ0) is 8.10. The van der Waals surface area contributed by atoms with Crippen LogP contribution in [0.15, 0.2) is 0 Å². The molecule has 3 heteroatoms. The van der Waals surface area contributed by atoms with Crippen molar-refractivity contribution in [1.29, 1.82) is 0 Å². The van der Waals surface area contributed by atoms with Gasteiger partial charge in [0.15, 0.2) is 0 Å². The minimum atomic E-state index is 0.0661. The van der Waals surface area contributed by atoms with E-state index in [0.29, 0.717) is 6.04 Å². The number of hydrogen-bond donors (Lipinski definition) is 1. The van der Waals surface area contributed by atoms with Crippen LogP contribution in [0.1, 0.15) is 13.3 Å². The van der Waals surface area contributed by atoms with Crippen molar-refractivity contribution in [3.8, 4) is 0 Å². The van der Waals surface area contributed by atoms with Crippen LogP contribution in [0.25, 0.3) is 0 Å². The molecule has 1 fully saturated rings. The summed E-state index contributed by atoms with van der Waals surface area (Å²) in [5.41, 5.74) is 0. The van der Waals surface area contributed by atoms with Crippen LogP contribution in [0, 0.1) is 0 Å². The van der Waals surface area contributed by atoms with Gasteiger partial charge in [-0.1, -0.05) is 0 Å². The number of nitrogens with one attached hydrogen (secondary N) is 1. The first-order chi connectivity index (χ1) is 5.34. The fourth-order valence-electron chi connectivity index (χ4n) is 1.48. The Morgan fingerprint density at radius 1 is 1.64 bits per heavy atom. The van der Waals surface area contributed by atoms with Crippen LogP contribution in [0.5, 0.6) is 0 Å².